The van der Waals surface area contributed by atoms with E-state index in [1.807, 2.05) is 66.7 Å². The van der Waals surface area contributed by atoms with Crippen LogP contribution in [-0.2, 0) is 13.1 Å². The number of benzene rings is 3. The van der Waals surface area contributed by atoms with Gasteiger partial charge in [-0.1, -0.05) is 96.9 Å². The summed E-state index contributed by atoms with van der Waals surface area (Å²) in [4.78, 5) is 2.24. The number of aliphatic hydroxyl groups is 1. The third-order valence-electron chi connectivity index (χ3n) is 4.46. The predicted octanol–water partition coefficient (Wildman–Crippen LogP) is 4.42. The van der Waals surface area contributed by atoms with Gasteiger partial charge < -0.3 is 5.11 Å². The summed E-state index contributed by atoms with van der Waals surface area (Å²) in [6.07, 6.45) is 4.72. The van der Waals surface area contributed by atoms with Gasteiger partial charge in [-0.05, 0) is 16.7 Å². The lowest BCUT2D eigenvalue weighted by atomic mass is 9.98. The minimum atomic E-state index is -0.884. The summed E-state index contributed by atoms with van der Waals surface area (Å²) in [5.41, 5.74) is 3.40. The lowest BCUT2D eigenvalue weighted by Gasteiger charge is -2.34. The first kappa shape index (κ1) is 17.9. The fourth-order valence-corrected chi connectivity index (χ4v) is 3.22. The van der Waals surface area contributed by atoms with Crippen LogP contribution in [0.3, 0.4) is 0 Å². The van der Waals surface area contributed by atoms with Crippen molar-refractivity contribution in [3.05, 3.63) is 108 Å². The summed E-state index contributed by atoms with van der Waals surface area (Å²) >= 11 is 0. The molecule has 2 nitrogen and oxygen atoms in total. The van der Waals surface area contributed by atoms with Gasteiger partial charge in [0.15, 0.2) is 0 Å². The van der Waals surface area contributed by atoms with Gasteiger partial charge in [0.25, 0.3) is 0 Å². The van der Waals surface area contributed by atoms with Gasteiger partial charge in [0.2, 0.25) is 0 Å². The molecule has 0 fully saturated rings. The van der Waals surface area contributed by atoms with Gasteiger partial charge in [-0.3, -0.25) is 4.90 Å². The molecule has 130 valence electrons. The Balaban J connectivity index is 1.97. The van der Waals surface area contributed by atoms with Crippen LogP contribution >= 0.6 is 0 Å². The minimum absolute atomic E-state index is 0.276. The van der Waals surface area contributed by atoms with Gasteiger partial charge in [-0.15, -0.1) is 6.42 Å². The largest absolute Gasteiger partial charge is 0.378 e. The van der Waals surface area contributed by atoms with Crippen LogP contribution in [0.1, 0.15) is 22.7 Å². The second kappa shape index (κ2) is 9.01. The number of terminal acetylenes is 1. The zero-order valence-corrected chi connectivity index (χ0v) is 14.7. The molecule has 2 atom stereocenters. The molecule has 0 unspecified atom stereocenters. The summed E-state index contributed by atoms with van der Waals surface area (Å²) in [6.45, 7) is 1.40. The molecule has 3 aromatic rings. The van der Waals surface area contributed by atoms with E-state index in [1.54, 1.807) is 0 Å². The summed E-state index contributed by atoms with van der Waals surface area (Å²) in [6, 6.07) is 30.3. The van der Waals surface area contributed by atoms with Crippen molar-refractivity contribution in [3.8, 4) is 12.3 Å². The highest BCUT2D eigenvalue weighted by atomic mass is 16.3. The van der Waals surface area contributed by atoms with Gasteiger partial charge in [-0.25, -0.2) is 0 Å². The van der Waals surface area contributed by atoms with E-state index in [0.717, 1.165) is 5.56 Å². The van der Waals surface area contributed by atoms with Gasteiger partial charge in [-0.2, -0.15) is 0 Å². The Labute approximate surface area is 155 Å². The molecule has 0 bridgehead atoms. The Hall–Kier alpha value is -2.86. The molecule has 0 amide bonds. The van der Waals surface area contributed by atoms with Crippen LogP contribution in [0.15, 0.2) is 91.0 Å². The zero-order chi connectivity index (χ0) is 18.2. The lowest BCUT2D eigenvalue weighted by molar-refractivity contribution is 0.0721. The monoisotopic (exact) mass is 341 g/mol. The standard InChI is InChI=1S/C24H23NO/c1-2-23(26)24(22-16-10-5-11-17-22)25(18-20-12-6-3-7-13-20)19-21-14-8-4-9-15-21/h1,3-17,23-24,26H,18-19H2/t23-,24+/m0/s1. The molecule has 0 saturated heterocycles. The van der Waals surface area contributed by atoms with Crippen LogP contribution in [0, 0.1) is 12.3 Å². The summed E-state index contributed by atoms with van der Waals surface area (Å²) in [7, 11) is 0. The fourth-order valence-electron chi connectivity index (χ4n) is 3.22. The van der Waals surface area contributed by atoms with Crippen molar-refractivity contribution in [2.75, 3.05) is 0 Å². The van der Waals surface area contributed by atoms with Crippen LogP contribution in [-0.4, -0.2) is 16.1 Å². The van der Waals surface area contributed by atoms with Crippen molar-refractivity contribution in [3.63, 3.8) is 0 Å². The molecule has 2 heteroatoms. The normalized spacial score (nSPS) is 13.1. The average molecular weight is 341 g/mol. The van der Waals surface area contributed by atoms with Gasteiger partial charge in [0.05, 0.1) is 6.04 Å². The predicted molar refractivity (Wildman–Crippen MR) is 106 cm³/mol. The van der Waals surface area contributed by atoms with Crippen molar-refractivity contribution in [1.29, 1.82) is 0 Å². The molecule has 0 aliphatic heterocycles. The fraction of sp³-hybridized carbons (Fsp3) is 0.167. The first-order valence-electron chi connectivity index (χ1n) is 8.79. The third-order valence-corrected chi connectivity index (χ3v) is 4.46. The summed E-state index contributed by atoms with van der Waals surface area (Å²) in [5, 5.41) is 10.6. The van der Waals surface area contributed by atoms with E-state index in [9.17, 15) is 5.11 Å². The first-order valence-corrected chi connectivity index (χ1v) is 8.79. The lowest BCUT2D eigenvalue weighted by Crippen LogP contribution is -2.35. The highest BCUT2D eigenvalue weighted by molar-refractivity contribution is 5.25. The third kappa shape index (κ3) is 4.61. The molecule has 3 rings (SSSR count). The maximum atomic E-state index is 10.6. The second-order valence-corrected chi connectivity index (χ2v) is 6.34. The van der Waals surface area contributed by atoms with E-state index in [-0.39, 0.29) is 6.04 Å². The Kier molecular flexibility index (Phi) is 6.22. The number of hydrogen-bond acceptors (Lipinski definition) is 2. The van der Waals surface area contributed by atoms with Crippen molar-refractivity contribution in [2.24, 2.45) is 0 Å². The molecule has 0 aliphatic rings. The maximum absolute atomic E-state index is 10.6. The Morgan fingerprint density at radius 2 is 1.15 bits per heavy atom. The Morgan fingerprint density at radius 1 is 0.731 bits per heavy atom. The Bertz CT molecular complexity index is 783. The van der Waals surface area contributed by atoms with E-state index in [2.05, 4.69) is 35.1 Å². The molecular formula is C24H23NO. The topological polar surface area (TPSA) is 23.5 Å². The molecule has 0 aliphatic carbocycles. The highest BCUT2D eigenvalue weighted by Crippen LogP contribution is 2.28. The molecular weight excluding hydrogens is 318 g/mol. The molecule has 3 aromatic carbocycles. The Morgan fingerprint density at radius 3 is 1.58 bits per heavy atom. The zero-order valence-electron chi connectivity index (χ0n) is 14.7. The van der Waals surface area contributed by atoms with Gasteiger partial charge in [0.1, 0.15) is 6.10 Å². The van der Waals surface area contributed by atoms with E-state index < -0.39 is 6.10 Å². The van der Waals surface area contributed by atoms with Crippen molar-refractivity contribution < 1.29 is 5.11 Å². The van der Waals surface area contributed by atoms with Crippen LogP contribution < -0.4 is 0 Å². The highest BCUT2D eigenvalue weighted by Gasteiger charge is 2.27. The van der Waals surface area contributed by atoms with E-state index in [4.69, 9.17) is 6.42 Å². The average Bonchev–Trinajstić information content (AvgIpc) is 2.70. The van der Waals surface area contributed by atoms with Crippen molar-refractivity contribution >= 4 is 0 Å². The van der Waals surface area contributed by atoms with Gasteiger partial charge >= 0.3 is 0 Å². The maximum Gasteiger partial charge on any atom is 0.134 e. The molecule has 0 heterocycles. The number of rotatable bonds is 7. The van der Waals surface area contributed by atoms with Gasteiger partial charge in [0, 0.05) is 13.1 Å². The number of hydrogen-bond donors (Lipinski definition) is 1. The van der Waals surface area contributed by atoms with E-state index >= 15 is 0 Å². The minimum Gasteiger partial charge on any atom is -0.378 e. The van der Waals surface area contributed by atoms with Crippen LogP contribution in [0.2, 0.25) is 0 Å². The molecule has 0 saturated carbocycles. The van der Waals surface area contributed by atoms with Crippen LogP contribution in [0.25, 0.3) is 0 Å². The quantitative estimate of drug-likeness (QED) is 0.643. The molecule has 0 aromatic heterocycles. The smallest absolute Gasteiger partial charge is 0.134 e. The first-order chi connectivity index (χ1) is 12.8. The molecule has 0 spiro atoms. The molecule has 0 radical (unpaired) electrons. The molecule has 26 heavy (non-hydrogen) atoms. The second-order valence-electron chi connectivity index (χ2n) is 6.34. The van der Waals surface area contributed by atoms with Crippen LogP contribution in [0.4, 0.5) is 0 Å². The SMILES string of the molecule is C#C[C@H](O)[C@@H](c1ccccc1)N(Cc1ccccc1)Cc1ccccc1. The summed E-state index contributed by atoms with van der Waals surface area (Å²) < 4.78 is 0. The van der Waals surface area contributed by atoms with E-state index in [0.29, 0.717) is 13.1 Å². The molecule has 1 N–H and O–H groups in total. The van der Waals surface area contributed by atoms with Crippen molar-refractivity contribution in [2.45, 2.75) is 25.2 Å². The van der Waals surface area contributed by atoms with E-state index in [1.165, 1.54) is 11.1 Å². The van der Waals surface area contributed by atoms with Crippen LogP contribution in [0.5, 0.6) is 0 Å². The van der Waals surface area contributed by atoms with Crippen molar-refractivity contribution in [1.82, 2.24) is 4.90 Å². The number of aliphatic hydroxyl groups excluding tert-OH is 1. The summed E-state index contributed by atoms with van der Waals surface area (Å²) in [5.74, 6) is 2.53. The number of nitrogens with zero attached hydrogens (tertiary/aromatic N) is 1.